The van der Waals surface area contributed by atoms with E-state index >= 15 is 0 Å². The molecule has 0 heterocycles. The molecule has 11 nitrogen and oxygen atoms in total. The minimum atomic E-state index is -4.77. The van der Waals surface area contributed by atoms with Gasteiger partial charge in [0.1, 0.15) is 12.7 Å². The molecule has 76 heavy (non-hydrogen) atoms. The van der Waals surface area contributed by atoms with Gasteiger partial charge < -0.3 is 24.2 Å². The van der Waals surface area contributed by atoms with E-state index in [4.69, 9.17) is 23.3 Å². The fourth-order valence-electron chi connectivity index (χ4n) is 8.14. The number of phosphoric acid groups is 1. The van der Waals surface area contributed by atoms with Crippen LogP contribution in [0.15, 0.2) is 85.1 Å². The molecule has 0 radical (unpaired) electrons. The van der Waals surface area contributed by atoms with Gasteiger partial charge in [0.05, 0.1) is 19.8 Å². The molecule has 0 aliphatic rings. The van der Waals surface area contributed by atoms with Crippen molar-refractivity contribution < 1.29 is 52.2 Å². The van der Waals surface area contributed by atoms with E-state index in [1.54, 1.807) is 0 Å². The van der Waals surface area contributed by atoms with Crippen LogP contribution in [0, 0.1) is 0 Å². The SMILES string of the molecule is CC/C=C\C/C=C\C/C=C\C/C=C\CCCCC(=O)OC(COC(=O)CCCCCCCCCCC/C=C\CCCCCCCC)COP(=O)(O)OCC(CO)OC(=O)CCCCCCC/C=C\C/C=C\CCCCC. The molecule has 0 spiro atoms. The van der Waals surface area contributed by atoms with Gasteiger partial charge >= 0.3 is 25.7 Å². The van der Waals surface area contributed by atoms with E-state index in [2.05, 4.69) is 106 Å². The number of hydrogen-bond donors (Lipinski definition) is 2. The summed E-state index contributed by atoms with van der Waals surface area (Å²) in [7, 11) is -4.77. The van der Waals surface area contributed by atoms with E-state index in [0.717, 1.165) is 103 Å². The van der Waals surface area contributed by atoms with Crippen LogP contribution < -0.4 is 0 Å². The van der Waals surface area contributed by atoms with Gasteiger partial charge in [0.2, 0.25) is 0 Å². The zero-order valence-corrected chi connectivity index (χ0v) is 49.3. The third kappa shape index (κ3) is 55.4. The Labute approximate surface area is 464 Å². The van der Waals surface area contributed by atoms with Crippen molar-refractivity contribution in [3.8, 4) is 0 Å². The van der Waals surface area contributed by atoms with E-state index < -0.39 is 57.8 Å². The van der Waals surface area contributed by atoms with Crippen LogP contribution in [0.4, 0.5) is 0 Å². The molecular formula is C64H111O11P. The summed E-state index contributed by atoms with van der Waals surface area (Å²) in [5, 5.41) is 9.82. The molecule has 0 saturated carbocycles. The van der Waals surface area contributed by atoms with Crippen LogP contribution in [-0.4, -0.2) is 66.5 Å². The predicted octanol–water partition coefficient (Wildman–Crippen LogP) is 18.3. The van der Waals surface area contributed by atoms with Gasteiger partial charge in [0.25, 0.3) is 0 Å². The van der Waals surface area contributed by atoms with E-state index in [0.29, 0.717) is 19.3 Å². The Balaban J connectivity index is 4.75. The highest BCUT2D eigenvalue weighted by molar-refractivity contribution is 7.47. The van der Waals surface area contributed by atoms with Gasteiger partial charge in [0, 0.05) is 19.3 Å². The molecule has 0 bridgehead atoms. The van der Waals surface area contributed by atoms with E-state index in [1.807, 2.05) is 0 Å². The minimum Gasteiger partial charge on any atom is -0.462 e. The number of phosphoric ester groups is 1. The number of carbonyl (C=O) groups is 3. The van der Waals surface area contributed by atoms with Gasteiger partial charge in [-0.1, -0.05) is 215 Å². The topological polar surface area (TPSA) is 155 Å². The van der Waals surface area contributed by atoms with Crippen LogP contribution in [0.5, 0.6) is 0 Å². The van der Waals surface area contributed by atoms with Crippen LogP contribution in [0.3, 0.4) is 0 Å². The summed E-state index contributed by atoms with van der Waals surface area (Å²) in [5.74, 6) is -1.53. The Morgan fingerprint density at radius 3 is 1.12 bits per heavy atom. The summed E-state index contributed by atoms with van der Waals surface area (Å²) >= 11 is 0. The quantitative estimate of drug-likeness (QED) is 0.0197. The third-order valence-corrected chi connectivity index (χ3v) is 13.7. The van der Waals surface area contributed by atoms with Gasteiger partial charge in [-0.2, -0.15) is 0 Å². The molecule has 0 fully saturated rings. The van der Waals surface area contributed by atoms with Crippen LogP contribution >= 0.6 is 7.82 Å². The molecule has 3 atom stereocenters. The highest BCUT2D eigenvalue weighted by Crippen LogP contribution is 2.43. The lowest BCUT2D eigenvalue weighted by Crippen LogP contribution is -2.30. The number of allylic oxidation sites excluding steroid dienone is 14. The number of hydrogen-bond acceptors (Lipinski definition) is 10. The molecule has 438 valence electrons. The maximum atomic E-state index is 12.9. The summed E-state index contributed by atoms with van der Waals surface area (Å²) in [6.45, 7) is 4.45. The molecule has 0 aliphatic heterocycles. The van der Waals surface area contributed by atoms with Crippen molar-refractivity contribution in [2.75, 3.05) is 26.4 Å². The lowest BCUT2D eigenvalue weighted by molar-refractivity contribution is -0.161. The van der Waals surface area contributed by atoms with Crippen molar-refractivity contribution in [2.45, 2.75) is 277 Å². The van der Waals surface area contributed by atoms with Crippen LogP contribution in [0.2, 0.25) is 0 Å². The maximum absolute atomic E-state index is 12.9. The Morgan fingerprint density at radius 1 is 0.382 bits per heavy atom. The van der Waals surface area contributed by atoms with Crippen molar-refractivity contribution in [3.05, 3.63) is 85.1 Å². The van der Waals surface area contributed by atoms with Crippen LogP contribution in [-0.2, 0) is 42.2 Å². The normalized spacial score (nSPS) is 13.9. The highest BCUT2D eigenvalue weighted by Gasteiger charge is 2.28. The second-order valence-corrected chi connectivity index (χ2v) is 21.6. The Kier molecular flexibility index (Phi) is 55.3. The summed E-state index contributed by atoms with van der Waals surface area (Å²) in [4.78, 5) is 48.6. The molecular weight excluding hydrogens is 976 g/mol. The molecule has 0 aliphatic carbocycles. The molecule has 0 aromatic rings. The fraction of sp³-hybridized carbons (Fsp3) is 0.734. The molecule has 0 saturated heterocycles. The predicted molar refractivity (Wildman–Crippen MR) is 316 cm³/mol. The van der Waals surface area contributed by atoms with E-state index in [-0.39, 0.29) is 25.9 Å². The zero-order valence-electron chi connectivity index (χ0n) is 48.5. The van der Waals surface area contributed by atoms with Gasteiger partial charge in [-0.25, -0.2) is 4.57 Å². The average Bonchev–Trinajstić information content (AvgIpc) is 3.41. The summed E-state index contributed by atoms with van der Waals surface area (Å²) in [6, 6.07) is 0. The fourth-order valence-corrected chi connectivity index (χ4v) is 8.92. The number of carbonyl (C=O) groups excluding carboxylic acids is 3. The first kappa shape index (κ1) is 72.7. The smallest absolute Gasteiger partial charge is 0.462 e. The lowest BCUT2D eigenvalue weighted by Gasteiger charge is -2.21. The Bertz CT molecular complexity index is 1600. The molecule has 0 aromatic heterocycles. The van der Waals surface area contributed by atoms with E-state index in [1.165, 1.54) is 103 Å². The van der Waals surface area contributed by atoms with Crippen LogP contribution in [0.25, 0.3) is 0 Å². The molecule has 0 aromatic carbocycles. The van der Waals surface area contributed by atoms with Gasteiger partial charge in [0.15, 0.2) is 6.10 Å². The average molecular weight is 1090 g/mol. The monoisotopic (exact) mass is 1090 g/mol. The second kappa shape index (κ2) is 57.8. The number of ether oxygens (including phenoxy) is 3. The van der Waals surface area contributed by atoms with Crippen molar-refractivity contribution >= 4 is 25.7 Å². The lowest BCUT2D eigenvalue weighted by atomic mass is 10.1. The number of aliphatic hydroxyl groups excluding tert-OH is 1. The number of rotatable bonds is 56. The summed E-state index contributed by atoms with van der Waals surface area (Å²) < 4.78 is 39.5. The van der Waals surface area contributed by atoms with Crippen LogP contribution in [0.1, 0.15) is 265 Å². The second-order valence-electron chi connectivity index (χ2n) is 20.1. The number of esters is 3. The van der Waals surface area contributed by atoms with Crippen molar-refractivity contribution in [2.24, 2.45) is 0 Å². The van der Waals surface area contributed by atoms with Gasteiger partial charge in [-0.15, -0.1) is 0 Å². The largest absolute Gasteiger partial charge is 0.472 e. The van der Waals surface area contributed by atoms with Crippen molar-refractivity contribution in [1.82, 2.24) is 0 Å². The first-order valence-electron chi connectivity index (χ1n) is 30.5. The minimum absolute atomic E-state index is 0.112. The molecule has 0 amide bonds. The molecule has 3 unspecified atom stereocenters. The van der Waals surface area contributed by atoms with Crippen molar-refractivity contribution in [3.63, 3.8) is 0 Å². The van der Waals surface area contributed by atoms with Gasteiger partial charge in [-0.05, 0) is 116 Å². The molecule has 12 heteroatoms. The third-order valence-electron chi connectivity index (χ3n) is 12.8. The van der Waals surface area contributed by atoms with Gasteiger partial charge in [-0.3, -0.25) is 23.4 Å². The first-order chi connectivity index (χ1) is 37.2. The Hall–Kier alpha value is -3.34. The maximum Gasteiger partial charge on any atom is 0.472 e. The number of unbranched alkanes of at least 4 members (excludes halogenated alkanes) is 25. The Morgan fingerprint density at radius 2 is 0.684 bits per heavy atom. The highest BCUT2D eigenvalue weighted by atomic mass is 31.2. The summed E-state index contributed by atoms with van der Waals surface area (Å²) in [5.41, 5.74) is 0. The number of aliphatic hydroxyl groups is 1. The summed E-state index contributed by atoms with van der Waals surface area (Å²) in [6.07, 6.45) is 66.8. The molecule has 2 N–H and O–H groups in total. The zero-order chi connectivity index (χ0) is 55.5. The van der Waals surface area contributed by atoms with E-state index in [9.17, 15) is 28.9 Å². The first-order valence-corrected chi connectivity index (χ1v) is 32.0. The molecule has 0 rings (SSSR count). The van der Waals surface area contributed by atoms with Crippen molar-refractivity contribution in [1.29, 1.82) is 0 Å². The standard InChI is InChI=1S/C64H111O11P/c1-4-7-10-13-16-19-22-25-28-29-30-31-34-35-38-41-44-47-50-53-62(66)71-57-61(75-64(68)55-52-49-46-43-40-37-33-27-24-21-18-15-12-9-6-3)59-73-76(69,70)72-58-60(56-65)74-63(67)54-51-48-45-42-39-36-32-26-23-20-17-14-11-8-5-2/h9,12,17-18,20-21,25-28,32-33,40,43,60-61,65H,4-8,10-11,13-16,19,22-24,29-31,34-39,41-42,44-59H2,1-3H3,(H,69,70)/b12-9-,20-17-,21-18-,28-25-,32-26-,33-27-,43-40-.